The molecule has 0 aliphatic heterocycles. The van der Waals surface area contributed by atoms with Crippen LogP contribution in [0.15, 0.2) is 60.8 Å². The van der Waals surface area contributed by atoms with Gasteiger partial charge in [0.15, 0.2) is 0 Å². The molecule has 4 rings (SSSR count). The van der Waals surface area contributed by atoms with Gasteiger partial charge in [0.05, 0.1) is 30.7 Å². The molecule has 0 saturated heterocycles. The Bertz CT molecular complexity index is 1280. The number of hydrogen-bond donors (Lipinski definition) is 2. The van der Waals surface area contributed by atoms with Crippen LogP contribution in [0.2, 0.25) is 0 Å². The summed E-state index contributed by atoms with van der Waals surface area (Å²) in [6, 6.07) is 18.3. The molecule has 0 aliphatic rings. The van der Waals surface area contributed by atoms with Crippen LogP contribution in [-0.2, 0) is 12.0 Å². The van der Waals surface area contributed by atoms with E-state index in [0.29, 0.717) is 11.8 Å². The lowest BCUT2D eigenvalue weighted by Gasteiger charge is -2.36. The van der Waals surface area contributed by atoms with Crippen LogP contribution in [0, 0.1) is 0 Å². The number of hydrogen-bond acceptors (Lipinski definition) is 4. The van der Waals surface area contributed by atoms with E-state index < -0.39 is 0 Å². The third-order valence-corrected chi connectivity index (χ3v) is 7.05. The highest BCUT2D eigenvalue weighted by Gasteiger charge is 2.23. The van der Waals surface area contributed by atoms with Crippen molar-refractivity contribution in [2.45, 2.75) is 53.5 Å². The second kappa shape index (κ2) is 10.1. The van der Waals surface area contributed by atoms with Gasteiger partial charge in [-0.05, 0) is 50.5 Å². The summed E-state index contributed by atoms with van der Waals surface area (Å²) in [4.78, 5) is 12.9. The van der Waals surface area contributed by atoms with Gasteiger partial charge in [0.1, 0.15) is 18.0 Å². The van der Waals surface area contributed by atoms with Crippen LogP contribution in [0.3, 0.4) is 0 Å². The summed E-state index contributed by atoms with van der Waals surface area (Å²) in [7, 11) is 0. The molecule has 2 N–H and O–H groups in total. The molecule has 6 nitrogen and oxygen atoms in total. The second-order valence-corrected chi connectivity index (χ2v) is 10.2. The summed E-state index contributed by atoms with van der Waals surface area (Å²) in [5, 5.41) is 3.41. The van der Waals surface area contributed by atoms with Gasteiger partial charge >= 0.3 is 0 Å². The first-order valence-electron chi connectivity index (χ1n) is 12.6. The summed E-state index contributed by atoms with van der Waals surface area (Å²) < 4.78 is 7.38. The Morgan fingerprint density at radius 2 is 1.66 bits per heavy atom. The van der Waals surface area contributed by atoms with Gasteiger partial charge in [-0.25, -0.2) is 9.97 Å². The average Bonchev–Trinajstić information content (AvgIpc) is 3.27. The summed E-state index contributed by atoms with van der Waals surface area (Å²) in [6.07, 6.45) is 1.74. The van der Waals surface area contributed by atoms with E-state index in [0.717, 1.165) is 58.7 Å². The number of H-pyrrole nitrogens is 1. The minimum absolute atomic E-state index is 0.0443. The highest BCUT2D eigenvalue weighted by molar-refractivity contribution is 5.82. The van der Waals surface area contributed by atoms with E-state index in [1.807, 2.05) is 30.3 Å². The lowest BCUT2D eigenvalue weighted by Crippen LogP contribution is -2.46. The van der Waals surface area contributed by atoms with Gasteiger partial charge in [0.25, 0.3) is 0 Å². The number of nitrogens with zero attached hydrogens (tertiary/aromatic N) is 3. The summed E-state index contributed by atoms with van der Waals surface area (Å²) >= 11 is 0. The molecule has 0 radical (unpaired) electrons. The van der Waals surface area contributed by atoms with Gasteiger partial charge < -0.3 is 19.5 Å². The number of aromatic amines is 1. The average molecular weight is 473 g/mol. The smallest absolute Gasteiger partial charge is 0.243 e. The van der Waals surface area contributed by atoms with Gasteiger partial charge in [-0.3, -0.25) is 0 Å². The normalized spacial score (nSPS) is 12.2. The van der Waals surface area contributed by atoms with E-state index in [-0.39, 0.29) is 5.41 Å². The zero-order chi connectivity index (χ0) is 25.1. The maximum atomic E-state index is 6.33. The third kappa shape index (κ3) is 5.33. The zero-order valence-electron chi connectivity index (χ0n) is 21.9. The molecule has 0 unspecified atom stereocenters. The van der Waals surface area contributed by atoms with Gasteiger partial charge in [0, 0.05) is 17.3 Å². The number of rotatable bonds is 9. The van der Waals surface area contributed by atoms with Crippen molar-refractivity contribution in [3.63, 3.8) is 0 Å². The van der Waals surface area contributed by atoms with Crippen LogP contribution in [0.4, 0.5) is 11.6 Å². The van der Waals surface area contributed by atoms with Crippen molar-refractivity contribution in [3.8, 4) is 11.6 Å². The minimum Gasteiger partial charge on any atom is -0.437 e. The fourth-order valence-corrected chi connectivity index (χ4v) is 4.62. The molecule has 35 heavy (non-hydrogen) atoms. The Balaban J connectivity index is 1.64. The number of aromatic nitrogens is 3. The largest absolute Gasteiger partial charge is 0.437 e. The number of quaternary nitrogens is 1. The molecule has 2 aromatic heterocycles. The summed E-state index contributed by atoms with van der Waals surface area (Å²) in [6.45, 7) is 17.7. The molecule has 4 aromatic rings. The lowest BCUT2D eigenvalue weighted by molar-refractivity contribution is -0.936. The first kappa shape index (κ1) is 24.7. The van der Waals surface area contributed by atoms with E-state index in [1.165, 1.54) is 5.56 Å². The van der Waals surface area contributed by atoms with Crippen molar-refractivity contribution in [1.29, 1.82) is 0 Å². The van der Waals surface area contributed by atoms with Crippen LogP contribution in [-0.4, -0.2) is 39.1 Å². The molecule has 2 heterocycles. The standard InChI is InChI=1S/C29H38N5O/c1-7-34(8-2,9-3)20-21-14-12-16-23-26(21)33-28(31-23)32-24-17-13-19-30-27(24)35-25-18-11-10-15-22(25)29(4,5)6/h10-19H,7-9,20H2,1-6H3,(H2,31,32,33)/q+1. The molecule has 0 aliphatic carbocycles. The van der Waals surface area contributed by atoms with Gasteiger partial charge in [-0.1, -0.05) is 51.1 Å². The highest BCUT2D eigenvalue weighted by Crippen LogP contribution is 2.36. The second-order valence-electron chi connectivity index (χ2n) is 10.2. The zero-order valence-corrected chi connectivity index (χ0v) is 21.9. The number of para-hydroxylation sites is 2. The van der Waals surface area contributed by atoms with Crippen molar-refractivity contribution < 1.29 is 9.22 Å². The Morgan fingerprint density at radius 1 is 0.914 bits per heavy atom. The lowest BCUT2D eigenvalue weighted by atomic mass is 9.86. The molecular weight excluding hydrogens is 434 g/mol. The first-order chi connectivity index (χ1) is 16.8. The number of fused-ring (bicyclic) bond motifs is 1. The fraction of sp³-hybridized carbons (Fsp3) is 0.379. The van der Waals surface area contributed by atoms with E-state index in [2.05, 4.69) is 81.1 Å². The maximum Gasteiger partial charge on any atom is 0.243 e. The molecule has 0 amide bonds. The van der Waals surface area contributed by atoms with Crippen molar-refractivity contribution in [2.75, 3.05) is 25.0 Å². The number of imidazole rings is 1. The van der Waals surface area contributed by atoms with Crippen LogP contribution in [0.5, 0.6) is 11.6 Å². The van der Waals surface area contributed by atoms with Crippen molar-refractivity contribution in [1.82, 2.24) is 15.0 Å². The van der Waals surface area contributed by atoms with Crippen LogP contribution < -0.4 is 10.1 Å². The SMILES string of the molecule is CC[N+](CC)(CC)Cc1cccc2nc(Nc3cccnc3Oc3ccccc3C(C)(C)C)[nH]c12. The van der Waals surface area contributed by atoms with E-state index in [9.17, 15) is 0 Å². The Hall–Kier alpha value is -3.38. The molecule has 6 heteroatoms. The van der Waals surface area contributed by atoms with Gasteiger partial charge in [-0.2, -0.15) is 0 Å². The monoisotopic (exact) mass is 472 g/mol. The summed E-state index contributed by atoms with van der Waals surface area (Å²) in [5.41, 5.74) is 5.17. The van der Waals surface area contributed by atoms with E-state index in [4.69, 9.17) is 9.72 Å². The van der Waals surface area contributed by atoms with Crippen LogP contribution in [0.1, 0.15) is 52.7 Å². The molecular formula is C29H38N5O+. The maximum absolute atomic E-state index is 6.33. The fourth-order valence-electron chi connectivity index (χ4n) is 4.62. The van der Waals surface area contributed by atoms with E-state index >= 15 is 0 Å². The topological polar surface area (TPSA) is 62.8 Å². The highest BCUT2D eigenvalue weighted by atomic mass is 16.5. The number of anilines is 2. The molecule has 0 atom stereocenters. The Kier molecular flexibility index (Phi) is 7.13. The number of nitrogens with one attached hydrogen (secondary N) is 2. The van der Waals surface area contributed by atoms with Gasteiger partial charge in [-0.15, -0.1) is 0 Å². The van der Waals surface area contributed by atoms with Crippen molar-refractivity contribution >= 4 is 22.7 Å². The Morgan fingerprint density at radius 3 is 2.37 bits per heavy atom. The summed E-state index contributed by atoms with van der Waals surface area (Å²) in [5.74, 6) is 2.00. The molecule has 184 valence electrons. The number of pyridine rings is 1. The molecule has 0 fully saturated rings. The van der Waals surface area contributed by atoms with Crippen molar-refractivity contribution in [3.05, 3.63) is 71.9 Å². The minimum atomic E-state index is -0.0443. The van der Waals surface area contributed by atoms with Gasteiger partial charge in [0.2, 0.25) is 11.8 Å². The molecule has 0 spiro atoms. The van der Waals surface area contributed by atoms with Crippen LogP contribution >= 0.6 is 0 Å². The number of ether oxygens (including phenoxy) is 1. The Labute approximate surface area is 209 Å². The van der Waals surface area contributed by atoms with Crippen LogP contribution in [0.25, 0.3) is 11.0 Å². The molecule has 0 saturated carbocycles. The molecule has 2 aromatic carbocycles. The quantitative estimate of drug-likeness (QED) is 0.254. The van der Waals surface area contributed by atoms with Crippen molar-refractivity contribution in [2.24, 2.45) is 0 Å². The van der Waals surface area contributed by atoms with E-state index in [1.54, 1.807) is 6.20 Å². The number of benzene rings is 2. The first-order valence-corrected chi connectivity index (χ1v) is 12.6. The third-order valence-electron chi connectivity index (χ3n) is 7.05. The molecule has 0 bridgehead atoms. The predicted molar refractivity (Wildman–Crippen MR) is 144 cm³/mol. The predicted octanol–water partition coefficient (Wildman–Crippen LogP) is 7.17.